The largest absolute Gasteiger partial charge is 0.502 e. The molecule has 1 aromatic carbocycles. The van der Waals surface area contributed by atoms with Crippen LogP contribution in [0.3, 0.4) is 0 Å². The summed E-state index contributed by atoms with van der Waals surface area (Å²) in [6.07, 6.45) is 4.47. The molecule has 0 saturated carbocycles. The minimum Gasteiger partial charge on any atom is -0.502 e. The molecule has 1 aliphatic rings. The first-order chi connectivity index (χ1) is 11.1. The number of rotatable bonds is 3. The fourth-order valence-corrected chi connectivity index (χ4v) is 2.94. The second-order valence-corrected chi connectivity index (χ2v) is 5.95. The van der Waals surface area contributed by atoms with E-state index in [4.69, 9.17) is 0 Å². The van der Waals surface area contributed by atoms with E-state index in [1.807, 2.05) is 6.92 Å². The van der Waals surface area contributed by atoms with Crippen molar-refractivity contribution in [1.82, 2.24) is 9.55 Å². The van der Waals surface area contributed by atoms with E-state index in [1.54, 1.807) is 6.07 Å². The molecule has 0 aliphatic carbocycles. The van der Waals surface area contributed by atoms with Gasteiger partial charge in [-0.25, -0.2) is 9.37 Å². The molecule has 1 aromatic heterocycles. The highest BCUT2D eigenvalue weighted by molar-refractivity contribution is 5.36. The lowest BCUT2D eigenvalue weighted by molar-refractivity contribution is 0.451. The van der Waals surface area contributed by atoms with Crippen LogP contribution >= 0.6 is 0 Å². The van der Waals surface area contributed by atoms with Crippen LogP contribution in [0.15, 0.2) is 29.2 Å². The van der Waals surface area contributed by atoms with Crippen LogP contribution in [0.4, 0.5) is 10.3 Å². The van der Waals surface area contributed by atoms with Gasteiger partial charge in [0.1, 0.15) is 5.82 Å². The number of halogens is 1. The predicted octanol–water partition coefficient (Wildman–Crippen LogP) is 2.44. The molecule has 2 heterocycles. The molecule has 6 heteroatoms. The molecule has 5 nitrogen and oxygen atoms in total. The van der Waals surface area contributed by atoms with Crippen molar-refractivity contribution in [3.63, 3.8) is 0 Å². The molecule has 0 amide bonds. The zero-order chi connectivity index (χ0) is 16.4. The minimum atomic E-state index is -0.496. The van der Waals surface area contributed by atoms with Gasteiger partial charge in [-0.1, -0.05) is 6.07 Å². The molecule has 0 radical (unpaired) electrons. The predicted molar refractivity (Wildman–Crippen MR) is 86.5 cm³/mol. The lowest BCUT2D eigenvalue weighted by Crippen LogP contribution is -2.36. The van der Waals surface area contributed by atoms with Gasteiger partial charge in [0.05, 0.1) is 12.7 Å². The van der Waals surface area contributed by atoms with Gasteiger partial charge in [-0.3, -0.25) is 9.36 Å². The Morgan fingerprint density at radius 2 is 2.00 bits per heavy atom. The zero-order valence-electron chi connectivity index (χ0n) is 13.1. The standard InChI is InChI=1S/C17H20FN3O2/c1-12-5-6-14(18)9-13(12)11-21-16(23)15(22)10-19-17(21)20-7-3-2-4-8-20/h5-6,9-10,22H,2-4,7-8,11H2,1H3. The Bertz CT molecular complexity index is 767. The molecule has 1 saturated heterocycles. The Morgan fingerprint density at radius 3 is 2.74 bits per heavy atom. The monoisotopic (exact) mass is 317 g/mol. The number of anilines is 1. The summed E-state index contributed by atoms with van der Waals surface area (Å²) in [4.78, 5) is 18.7. The van der Waals surface area contributed by atoms with Crippen LogP contribution in [0.1, 0.15) is 30.4 Å². The Kier molecular flexibility index (Phi) is 4.32. The second kappa shape index (κ2) is 6.40. The van der Waals surface area contributed by atoms with Crippen LogP contribution in [0.25, 0.3) is 0 Å². The van der Waals surface area contributed by atoms with E-state index in [0.29, 0.717) is 11.5 Å². The molecule has 0 atom stereocenters. The lowest BCUT2D eigenvalue weighted by Gasteiger charge is -2.29. The smallest absolute Gasteiger partial charge is 0.297 e. The van der Waals surface area contributed by atoms with Crippen molar-refractivity contribution in [2.45, 2.75) is 32.7 Å². The quantitative estimate of drug-likeness (QED) is 0.944. The summed E-state index contributed by atoms with van der Waals surface area (Å²) in [5, 5.41) is 9.74. The van der Waals surface area contributed by atoms with Crippen molar-refractivity contribution >= 4 is 5.95 Å². The Labute approximate surface area is 134 Å². The number of hydrogen-bond donors (Lipinski definition) is 1. The molecule has 2 aromatic rings. The summed E-state index contributed by atoms with van der Waals surface area (Å²) < 4.78 is 15.0. The van der Waals surface area contributed by atoms with Gasteiger partial charge in [-0.05, 0) is 49.4 Å². The van der Waals surface area contributed by atoms with Gasteiger partial charge in [-0.2, -0.15) is 0 Å². The average molecular weight is 317 g/mol. The normalized spacial score (nSPS) is 15.0. The van der Waals surface area contributed by atoms with E-state index in [-0.39, 0.29) is 18.1 Å². The van der Waals surface area contributed by atoms with Crippen LogP contribution in [-0.4, -0.2) is 27.7 Å². The van der Waals surface area contributed by atoms with E-state index in [1.165, 1.54) is 29.3 Å². The van der Waals surface area contributed by atoms with Crippen LogP contribution in [0.2, 0.25) is 0 Å². The van der Waals surface area contributed by atoms with Crippen LogP contribution in [0.5, 0.6) is 5.75 Å². The summed E-state index contributed by atoms with van der Waals surface area (Å²) in [6.45, 7) is 3.73. The molecule has 0 bridgehead atoms. The van der Waals surface area contributed by atoms with Crippen molar-refractivity contribution < 1.29 is 9.50 Å². The Morgan fingerprint density at radius 1 is 1.26 bits per heavy atom. The molecule has 3 rings (SSSR count). The molecular weight excluding hydrogens is 297 g/mol. The topological polar surface area (TPSA) is 58.4 Å². The van der Waals surface area contributed by atoms with Crippen LogP contribution in [0, 0.1) is 12.7 Å². The number of aromatic nitrogens is 2. The first-order valence-electron chi connectivity index (χ1n) is 7.85. The van der Waals surface area contributed by atoms with E-state index in [2.05, 4.69) is 9.88 Å². The van der Waals surface area contributed by atoms with E-state index >= 15 is 0 Å². The number of benzene rings is 1. The fraction of sp³-hybridized carbons (Fsp3) is 0.412. The van der Waals surface area contributed by atoms with Gasteiger partial charge in [0.25, 0.3) is 5.56 Å². The molecular formula is C17H20FN3O2. The number of piperidine rings is 1. The SMILES string of the molecule is Cc1ccc(F)cc1Cn1c(N2CCCCC2)ncc(O)c1=O. The van der Waals surface area contributed by atoms with Gasteiger partial charge >= 0.3 is 0 Å². The summed E-state index contributed by atoms with van der Waals surface area (Å²) >= 11 is 0. The van der Waals surface area contributed by atoms with E-state index < -0.39 is 5.56 Å². The van der Waals surface area contributed by atoms with Crippen molar-refractivity contribution in [1.29, 1.82) is 0 Å². The fourth-order valence-electron chi connectivity index (χ4n) is 2.94. The molecule has 122 valence electrons. The van der Waals surface area contributed by atoms with Gasteiger partial charge < -0.3 is 10.0 Å². The van der Waals surface area contributed by atoms with Crippen molar-refractivity contribution in [3.05, 3.63) is 51.7 Å². The summed E-state index contributed by atoms with van der Waals surface area (Å²) in [5.41, 5.74) is 1.10. The van der Waals surface area contributed by atoms with E-state index in [9.17, 15) is 14.3 Å². The van der Waals surface area contributed by atoms with Gasteiger partial charge in [-0.15, -0.1) is 0 Å². The highest BCUT2D eigenvalue weighted by Gasteiger charge is 2.19. The van der Waals surface area contributed by atoms with Crippen molar-refractivity contribution in [2.24, 2.45) is 0 Å². The summed E-state index contributed by atoms with van der Waals surface area (Å²) in [7, 11) is 0. The maximum atomic E-state index is 13.5. The van der Waals surface area contributed by atoms with Crippen molar-refractivity contribution in [3.8, 4) is 5.75 Å². The minimum absolute atomic E-state index is 0.190. The lowest BCUT2D eigenvalue weighted by atomic mass is 10.1. The van der Waals surface area contributed by atoms with Gasteiger partial charge in [0.15, 0.2) is 0 Å². The third kappa shape index (κ3) is 3.21. The zero-order valence-corrected chi connectivity index (χ0v) is 13.1. The third-order valence-corrected chi connectivity index (χ3v) is 4.29. The third-order valence-electron chi connectivity index (χ3n) is 4.29. The molecule has 0 unspecified atom stereocenters. The van der Waals surface area contributed by atoms with Gasteiger partial charge in [0.2, 0.25) is 11.7 Å². The summed E-state index contributed by atoms with van der Waals surface area (Å²) in [6, 6.07) is 4.51. The molecule has 1 fully saturated rings. The number of nitrogens with zero attached hydrogens (tertiary/aromatic N) is 3. The highest BCUT2D eigenvalue weighted by Crippen LogP contribution is 2.20. The molecule has 23 heavy (non-hydrogen) atoms. The van der Waals surface area contributed by atoms with Gasteiger partial charge in [0, 0.05) is 13.1 Å². The van der Waals surface area contributed by atoms with Crippen LogP contribution in [-0.2, 0) is 6.54 Å². The number of hydrogen-bond acceptors (Lipinski definition) is 4. The number of aryl methyl sites for hydroxylation is 1. The van der Waals surface area contributed by atoms with Crippen LogP contribution < -0.4 is 10.5 Å². The first kappa shape index (κ1) is 15.5. The summed E-state index contributed by atoms with van der Waals surface area (Å²) in [5.74, 6) is -0.192. The second-order valence-electron chi connectivity index (χ2n) is 5.95. The molecule has 0 spiro atoms. The maximum Gasteiger partial charge on any atom is 0.297 e. The molecule has 1 aliphatic heterocycles. The Balaban J connectivity index is 2.04. The first-order valence-corrected chi connectivity index (χ1v) is 7.85. The molecule has 1 N–H and O–H groups in total. The Hall–Kier alpha value is -2.37. The van der Waals surface area contributed by atoms with Crippen molar-refractivity contribution in [2.75, 3.05) is 18.0 Å². The highest BCUT2D eigenvalue weighted by atomic mass is 19.1. The maximum absolute atomic E-state index is 13.5. The van der Waals surface area contributed by atoms with E-state index in [0.717, 1.165) is 31.5 Å². The number of aromatic hydroxyl groups is 1. The average Bonchev–Trinajstić information content (AvgIpc) is 2.56.